The summed E-state index contributed by atoms with van der Waals surface area (Å²) < 4.78 is 11.2. The molecule has 0 aliphatic rings. The maximum absolute atomic E-state index is 13.9. The van der Waals surface area contributed by atoms with E-state index in [2.05, 4.69) is 10.2 Å². The number of hydrogen-bond donors (Lipinski definition) is 1. The number of amides is 1. The second-order valence-electron chi connectivity index (χ2n) is 8.67. The van der Waals surface area contributed by atoms with Crippen molar-refractivity contribution in [1.29, 1.82) is 0 Å². The molecular formula is C29H26Cl3N3O4. The number of carbonyl (C=O) groups excluding carboxylic acids is 1. The quantitative estimate of drug-likeness (QED) is 0.210. The number of rotatable bonds is 11. The summed E-state index contributed by atoms with van der Waals surface area (Å²) >= 11 is 18.2. The molecule has 1 heterocycles. The van der Waals surface area contributed by atoms with Gasteiger partial charge in [0.05, 0.1) is 29.0 Å². The van der Waals surface area contributed by atoms with E-state index >= 15 is 0 Å². The number of aromatic nitrogens is 2. The summed E-state index contributed by atoms with van der Waals surface area (Å²) in [5.41, 5.74) is 3.05. The summed E-state index contributed by atoms with van der Waals surface area (Å²) in [5, 5.41) is 19.2. The van der Waals surface area contributed by atoms with E-state index in [1.165, 1.54) is 12.1 Å². The van der Waals surface area contributed by atoms with E-state index in [4.69, 9.17) is 44.3 Å². The van der Waals surface area contributed by atoms with Crippen molar-refractivity contribution in [2.75, 3.05) is 26.9 Å². The lowest BCUT2D eigenvalue weighted by Gasteiger charge is -2.23. The van der Waals surface area contributed by atoms with Crippen LogP contribution in [0.15, 0.2) is 72.8 Å². The van der Waals surface area contributed by atoms with Gasteiger partial charge in [0, 0.05) is 37.2 Å². The molecular weight excluding hydrogens is 561 g/mol. The molecule has 4 aromatic rings. The number of halogens is 3. The molecule has 39 heavy (non-hydrogen) atoms. The zero-order chi connectivity index (χ0) is 27.8. The Bertz CT molecular complexity index is 1400. The van der Waals surface area contributed by atoms with E-state index in [1.807, 2.05) is 54.6 Å². The topological polar surface area (TPSA) is 84.8 Å². The largest absolute Gasteiger partial charge is 0.505 e. The van der Waals surface area contributed by atoms with Gasteiger partial charge in [-0.25, -0.2) is 0 Å². The molecule has 7 nitrogen and oxygen atoms in total. The minimum atomic E-state index is -0.301. The SMILES string of the molecule is COCCN(Cc1ccccc1)C(=O)c1cc(-c2cc(Cl)c(O)c(Cl)c2)nnc1OCCc1ccc(Cl)cc1. The first-order chi connectivity index (χ1) is 18.9. The number of methoxy groups -OCH3 is 1. The van der Waals surface area contributed by atoms with Crippen LogP contribution >= 0.6 is 34.8 Å². The van der Waals surface area contributed by atoms with E-state index in [9.17, 15) is 9.90 Å². The maximum Gasteiger partial charge on any atom is 0.259 e. The molecule has 0 fully saturated rings. The average Bonchev–Trinajstić information content (AvgIpc) is 2.95. The number of ether oxygens (including phenoxy) is 2. The number of nitrogens with zero attached hydrogens (tertiary/aromatic N) is 3. The standard InChI is InChI=1S/C29H26Cl3N3O4/c1-38-14-12-35(18-20-5-3-2-4-6-20)29(37)23-17-26(21-15-24(31)27(36)25(32)16-21)33-34-28(23)39-13-11-19-7-9-22(30)10-8-19/h2-10,15-17,36H,11-14,18H2,1H3. The van der Waals surface area contributed by atoms with Gasteiger partial charge >= 0.3 is 0 Å². The van der Waals surface area contributed by atoms with E-state index in [0.29, 0.717) is 42.4 Å². The molecule has 10 heteroatoms. The summed E-state index contributed by atoms with van der Waals surface area (Å²) in [6.07, 6.45) is 0.578. The average molecular weight is 587 g/mol. The number of phenols is 1. The van der Waals surface area contributed by atoms with Crippen LogP contribution in [0.25, 0.3) is 11.3 Å². The highest BCUT2D eigenvalue weighted by Gasteiger charge is 2.23. The van der Waals surface area contributed by atoms with Crippen LogP contribution in [0.3, 0.4) is 0 Å². The van der Waals surface area contributed by atoms with Gasteiger partial charge in [-0.15, -0.1) is 10.2 Å². The van der Waals surface area contributed by atoms with Gasteiger partial charge in [0.2, 0.25) is 5.88 Å². The third-order valence-electron chi connectivity index (χ3n) is 5.91. The van der Waals surface area contributed by atoms with Gasteiger partial charge in [0.15, 0.2) is 5.75 Å². The monoisotopic (exact) mass is 585 g/mol. The molecule has 1 amide bonds. The van der Waals surface area contributed by atoms with Crippen LogP contribution < -0.4 is 4.74 Å². The number of benzene rings is 3. The van der Waals surface area contributed by atoms with Crippen molar-refractivity contribution in [3.8, 4) is 22.9 Å². The fourth-order valence-electron chi connectivity index (χ4n) is 3.84. The summed E-state index contributed by atoms with van der Waals surface area (Å²) in [5.74, 6) is -0.434. The van der Waals surface area contributed by atoms with Crippen LogP contribution in [-0.2, 0) is 17.7 Å². The van der Waals surface area contributed by atoms with Gasteiger partial charge in [0.25, 0.3) is 5.91 Å². The Labute approximate surface area is 241 Å². The third-order valence-corrected chi connectivity index (χ3v) is 6.74. The Balaban J connectivity index is 1.67. The Morgan fingerprint density at radius 2 is 1.59 bits per heavy atom. The summed E-state index contributed by atoms with van der Waals surface area (Å²) in [4.78, 5) is 15.6. The van der Waals surface area contributed by atoms with Crippen LogP contribution in [0.2, 0.25) is 15.1 Å². The first-order valence-corrected chi connectivity index (χ1v) is 13.2. The van der Waals surface area contributed by atoms with E-state index < -0.39 is 0 Å². The first-order valence-electron chi connectivity index (χ1n) is 12.1. The van der Waals surface area contributed by atoms with Crippen LogP contribution in [0.4, 0.5) is 0 Å². The molecule has 0 unspecified atom stereocenters. The number of carbonyl (C=O) groups is 1. The molecule has 0 saturated heterocycles. The minimum absolute atomic E-state index is 0.0567. The predicted molar refractivity (Wildman–Crippen MR) is 153 cm³/mol. The molecule has 1 aromatic heterocycles. The van der Waals surface area contributed by atoms with E-state index in [-0.39, 0.29) is 39.8 Å². The summed E-state index contributed by atoms with van der Waals surface area (Å²) in [6.45, 7) is 1.33. The Morgan fingerprint density at radius 3 is 2.26 bits per heavy atom. The molecule has 0 atom stereocenters. The van der Waals surface area contributed by atoms with Crippen LogP contribution in [0.5, 0.6) is 11.6 Å². The molecule has 0 bridgehead atoms. The van der Waals surface area contributed by atoms with Crippen molar-refractivity contribution in [1.82, 2.24) is 15.1 Å². The molecule has 0 aliphatic carbocycles. The molecule has 4 rings (SSSR count). The molecule has 0 saturated carbocycles. The van der Waals surface area contributed by atoms with Gasteiger partial charge in [-0.2, -0.15) is 0 Å². The second kappa shape index (κ2) is 13.6. The molecule has 1 N–H and O–H groups in total. The van der Waals surface area contributed by atoms with Crippen molar-refractivity contribution >= 4 is 40.7 Å². The molecule has 202 valence electrons. The Hall–Kier alpha value is -3.36. The van der Waals surface area contributed by atoms with E-state index in [0.717, 1.165) is 11.1 Å². The predicted octanol–water partition coefficient (Wildman–Crippen LogP) is 6.72. The third kappa shape index (κ3) is 7.61. The van der Waals surface area contributed by atoms with Crippen molar-refractivity contribution in [3.63, 3.8) is 0 Å². The number of aromatic hydroxyl groups is 1. The van der Waals surface area contributed by atoms with Gasteiger partial charge in [0.1, 0.15) is 5.56 Å². The Morgan fingerprint density at radius 1 is 0.897 bits per heavy atom. The molecule has 0 aliphatic heterocycles. The van der Waals surface area contributed by atoms with Crippen LogP contribution in [0, 0.1) is 0 Å². The van der Waals surface area contributed by atoms with Crippen molar-refractivity contribution < 1.29 is 19.4 Å². The minimum Gasteiger partial charge on any atom is -0.505 e. The van der Waals surface area contributed by atoms with Crippen molar-refractivity contribution in [2.24, 2.45) is 0 Å². The number of hydrogen-bond acceptors (Lipinski definition) is 6. The van der Waals surface area contributed by atoms with E-state index in [1.54, 1.807) is 18.1 Å². The fraction of sp³-hybridized carbons (Fsp3) is 0.207. The smallest absolute Gasteiger partial charge is 0.259 e. The second-order valence-corrected chi connectivity index (χ2v) is 9.92. The lowest BCUT2D eigenvalue weighted by molar-refractivity contribution is 0.0675. The van der Waals surface area contributed by atoms with Gasteiger partial charge in [-0.05, 0) is 41.5 Å². The highest BCUT2D eigenvalue weighted by atomic mass is 35.5. The van der Waals surface area contributed by atoms with Gasteiger partial charge in [-0.1, -0.05) is 77.3 Å². The maximum atomic E-state index is 13.9. The van der Waals surface area contributed by atoms with Gasteiger partial charge in [-0.3, -0.25) is 4.79 Å². The molecule has 0 spiro atoms. The van der Waals surface area contributed by atoms with Crippen molar-refractivity contribution in [2.45, 2.75) is 13.0 Å². The first kappa shape index (κ1) is 28.6. The Kier molecular flexibility index (Phi) is 10.0. The zero-order valence-corrected chi connectivity index (χ0v) is 23.4. The highest BCUT2D eigenvalue weighted by molar-refractivity contribution is 6.37. The highest BCUT2D eigenvalue weighted by Crippen LogP contribution is 2.36. The summed E-state index contributed by atoms with van der Waals surface area (Å²) in [6, 6.07) is 21.7. The number of phenolic OH excluding ortho intramolecular Hbond substituents is 1. The molecule has 0 radical (unpaired) electrons. The summed E-state index contributed by atoms with van der Waals surface area (Å²) in [7, 11) is 1.58. The fourth-order valence-corrected chi connectivity index (χ4v) is 4.45. The lowest BCUT2D eigenvalue weighted by atomic mass is 10.1. The normalized spacial score (nSPS) is 10.9. The van der Waals surface area contributed by atoms with Crippen LogP contribution in [0.1, 0.15) is 21.5 Å². The zero-order valence-electron chi connectivity index (χ0n) is 21.1. The van der Waals surface area contributed by atoms with Crippen molar-refractivity contribution in [3.05, 3.63) is 105 Å². The molecule has 3 aromatic carbocycles. The van der Waals surface area contributed by atoms with Gasteiger partial charge < -0.3 is 19.5 Å². The lowest BCUT2D eigenvalue weighted by Crippen LogP contribution is -2.34. The van der Waals surface area contributed by atoms with Crippen LogP contribution in [-0.4, -0.2) is 53.0 Å².